The van der Waals surface area contributed by atoms with Gasteiger partial charge in [-0.15, -0.1) is 0 Å². The molecular weight excluding hydrogens is 222 g/mol. The topological polar surface area (TPSA) is 43.8 Å². The van der Waals surface area contributed by atoms with Crippen LogP contribution in [0.5, 0.6) is 0 Å². The molecule has 1 aromatic carbocycles. The van der Waals surface area contributed by atoms with Crippen LogP contribution < -0.4 is 5.73 Å². The van der Waals surface area contributed by atoms with Crippen LogP contribution in [-0.2, 0) is 13.5 Å². The number of aryl methyl sites for hydroxylation is 2. The monoisotopic (exact) mass is 243 g/mol. The molecule has 3 nitrogen and oxygen atoms in total. The fourth-order valence-corrected chi connectivity index (χ4v) is 2.16. The van der Waals surface area contributed by atoms with Gasteiger partial charge < -0.3 is 5.73 Å². The third-order valence-corrected chi connectivity index (χ3v) is 3.34. The van der Waals surface area contributed by atoms with E-state index in [-0.39, 0.29) is 0 Å². The van der Waals surface area contributed by atoms with E-state index in [1.54, 1.807) is 4.68 Å². The number of nitrogens with two attached hydrogens (primary N) is 1. The minimum atomic E-state index is 0.481. The van der Waals surface area contributed by atoms with E-state index in [4.69, 9.17) is 5.73 Å². The van der Waals surface area contributed by atoms with E-state index < -0.39 is 0 Å². The molecule has 3 heteroatoms. The van der Waals surface area contributed by atoms with Gasteiger partial charge in [0.2, 0.25) is 0 Å². The molecule has 2 aromatic rings. The quantitative estimate of drug-likeness (QED) is 0.898. The second-order valence-electron chi connectivity index (χ2n) is 5.01. The van der Waals surface area contributed by atoms with Gasteiger partial charge in [-0.25, -0.2) is 0 Å². The van der Waals surface area contributed by atoms with Crippen molar-refractivity contribution in [1.29, 1.82) is 0 Å². The van der Waals surface area contributed by atoms with Gasteiger partial charge >= 0.3 is 0 Å². The molecule has 0 spiro atoms. The summed E-state index contributed by atoms with van der Waals surface area (Å²) >= 11 is 0. The van der Waals surface area contributed by atoms with Crippen molar-refractivity contribution in [2.45, 2.75) is 33.1 Å². The van der Waals surface area contributed by atoms with Crippen molar-refractivity contribution in [3.05, 3.63) is 35.4 Å². The predicted molar refractivity (Wildman–Crippen MR) is 76.5 cm³/mol. The van der Waals surface area contributed by atoms with Gasteiger partial charge in [-0.05, 0) is 29.5 Å². The Bertz CT molecular complexity index is 533. The normalized spacial score (nSPS) is 11.2. The third kappa shape index (κ3) is 2.26. The second kappa shape index (κ2) is 4.84. The van der Waals surface area contributed by atoms with E-state index >= 15 is 0 Å². The molecule has 2 N–H and O–H groups in total. The van der Waals surface area contributed by atoms with Crippen LogP contribution in [0.15, 0.2) is 24.3 Å². The Kier molecular flexibility index (Phi) is 3.41. The molecule has 0 radical (unpaired) electrons. The van der Waals surface area contributed by atoms with E-state index in [0.29, 0.717) is 11.7 Å². The fourth-order valence-electron chi connectivity index (χ4n) is 2.16. The van der Waals surface area contributed by atoms with E-state index in [1.807, 2.05) is 13.1 Å². The van der Waals surface area contributed by atoms with Gasteiger partial charge in [-0.3, -0.25) is 4.68 Å². The molecule has 18 heavy (non-hydrogen) atoms. The number of nitrogen functional groups attached to an aromatic ring is 1. The Morgan fingerprint density at radius 2 is 2.00 bits per heavy atom. The molecule has 0 saturated heterocycles. The van der Waals surface area contributed by atoms with Crippen molar-refractivity contribution < 1.29 is 0 Å². The summed E-state index contributed by atoms with van der Waals surface area (Å²) in [5, 5.41) is 4.49. The first-order chi connectivity index (χ1) is 8.52. The van der Waals surface area contributed by atoms with E-state index in [0.717, 1.165) is 12.1 Å². The fraction of sp³-hybridized carbons (Fsp3) is 0.400. The minimum Gasteiger partial charge on any atom is -0.384 e. The van der Waals surface area contributed by atoms with Gasteiger partial charge in [0, 0.05) is 18.7 Å². The van der Waals surface area contributed by atoms with Crippen molar-refractivity contribution in [3.8, 4) is 11.3 Å². The summed E-state index contributed by atoms with van der Waals surface area (Å²) in [4.78, 5) is 0. The number of benzene rings is 1. The van der Waals surface area contributed by atoms with Crippen LogP contribution in [0.3, 0.4) is 0 Å². The molecule has 0 amide bonds. The highest BCUT2D eigenvalue weighted by Gasteiger charge is 2.12. The van der Waals surface area contributed by atoms with Crippen molar-refractivity contribution in [2.24, 2.45) is 7.05 Å². The van der Waals surface area contributed by atoms with E-state index in [9.17, 15) is 0 Å². The summed E-state index contributed by atoms with van der Waals surface area (Å²) in [5.74, 6) is 1.18. The molecule has 0 unspecified atom stereocenters. The Balaban J connectivity index is 2.59. The average molecular weight is 243 g/mol. The molecular formula is C15H21N3. The Morgan fingerprint density at radius 3 is 2.50 bits per heavy atom. The molecule has 0 aliphatic carbocycles. The number of aromatic nitrogens is 2. The van der Waals surface area contributed by atoms with Gasteiger partial charge in [0.1, 0.15) is 5.82 Å². The summed E-state index contributed by atoms with van der Waals surface area (Å²) in [6.45, 7) is 6.58. The van der Waals surface area contributed by atoms with Gasteiger partial charge in [0.05, 0.1) is 5.69 Å². The Morgan fingerprint density at radius 1 is 1.28 bits per heavy atom. The van der Waals surface area contributed by atoms with Crippen LogP contribution in [-0.4, -0.2) is 9.78 Å². The van der Waals surface area contributed by atoms with Crippen molar-refractivity contribution in [3.63, 3.8) is 0 Å². The lowest BCUT2D eigenvalue weighted by Gasteiger charge is -2.12. The lowest BCUT2D eigenvalue weighted by Crippen LogP contribution is -1.98. The van der Waals surface area contributed by atoms with Crippen LogP contribution in [0.1, 0.15) is 37.8 Å². The van der Waals surface area contributed by atoms with Gasteiger partial charge in [-0.2, -0.15) is 5.10 Å². The number of hydrogen-bond acceptors (Lipinski definition) is 2. The van der Waals surface area contributed by atoms with Crippen molar-refractivity contribution in [1.82, 2.24) is 9.78 Å². The summed E-state index contributed by atoms with van der Waals surface area (Å²) < 4.78 is 1.72. The number of hydrogen-bond donors (Lipinski definition) is 1. The minimum absolute atomic E-state index is 0.481. The van der Waals surface area contributed by atoms with Crippen molar-refractivity contribution in [2.75, 3.05) is 5.73 Å². The molecule has 0 bridgehead atoms. The zero-order chi connectivity index (χ0) is 13.3. The first kappa shape index (κ1) is 12.7. The highest BCUT2D eigenvalue weighted by Crippen LogP contribution is 2.30. The smallest absolute Gasteiger partial charge is 0.121 e. The maximum absolute atomic E-state index is 5.88. The maximum atomic E-state index is 5.88. The molecule has 0 atom stereocenters. The summed E-state index contributed by atoms with van der Waals surface area (Å²) in [5.41, 5.74) is 10.7. The predicted octanol–water partition coefficient (Wildman–Crippen LogP) is 3.36. The van der Waals surface area contributed by atoms with Crippen molar-refractivity contribution >= 4 is 5.82 Å². The Hall–Kier alpha value is -1.77. The lowest BCUT2D eigenvalue weighted by atomic mass is 9.93. The maximum Gasteiger partial charge on any atom is 0.121 e. The van der Waals surface area contributed by atoms with Crippen LogP contribution in [0.4, 0.5) is 5.82 Å². The first-order valence-corrected chi connectivity index (χ1v) is 6.45. The molecule has 1 heterocycles. The third-order valence-electron chi connectivity index (χ3n) is 3.34. The lowest BCUT2D eigenvalue weighted by molar-refractivity contribution is 0.780. The van der Waals surface area contributed by atoms with Gasteiger partial charge in [0.15, 0.2) is 0 Å². The van der Waals surface area contributed by atoms with E-state index in [2.05, 4.69) is 44.1 Å². The number of rotatable bonds is 3. The largest absolute Gasteiger partial charge is 0.384 e. The molecule has 0 saturated carbocycles. The SMILES string of the molecule is CCc1ccc(C(C)C)c(-c2cc(N)n(C)n2)c1. The van der Waals surface area contributed by atoms with Crippen LogP contribution in [0.2, 0.25) is 0 Å². The zero-order valence-electron chi connectivity index (χ0n) is 11.6. The van der Waals surface area contributed by atoms with Gasteiger partial charge in [-0.1, -0.05) is 32.9 Å². The average Bonchev–Trinajstić information content (AvgIpc) is 2.68. The number of nitrogens with zero attached hydrogens (tertiary/aromatic N) is 2. The summed E-state index contributed by atoms with van der Waals surface area (Å²) in [6.07, 6.45) is 1.04. The van der Waals surface area contributed by atoms with Gasteiger partial charge in [0.25, 0.3) is 0 Å². The summed E-state index contributed by atoms with van der Waals surface area (Å²) in [7, 11) is 1.87. The second-order valence-corrected chi connectivity index (χ2v) is 5.01. The molecule has 1 aromatic heterocycles. The molecule has 0 aliphatic rings. The molecule has 0 aliphatic heterocycles. The first-order valence-electron chi connectivity index (χ1n) is 6.45. The molecule has 2 rings (SSSR count). The Labute approximate surface area is 109 Å². The highest BCUT2D eigenvalue weighted by atomic mass is 15.3. The zero-order valence-corrected chi connectivity index (χ0v) is 11.6. The number of anilines is 1. The molecule has 0 fully saturated rings. The standard InChI is InChI=1S/C15H21N3/c1-5-11-6-7-12(10(2)3)13(8-11)14-9-15(16)18(4)17-14/h6-10H,5,16H2,1-4H3. The molecule has 96 valence electrons. The highest BCUT2D eigenvalue weighted by molar-refractivity contribution is 5.67. The van der Waals surface area contributed by atoms with Crippen LogP contribution >= 0.6 is 0 Å². The van der Waals surface area contributed by atoms with Crippen LogP contribution in [0.25, 0.3) is 11.3 Å². The summed E-state index contributed by atoms with van der Waals surface area (Å²) in [6, 6.07) is 8.59. The van der Waals surface area contributed by atoms with Crippen LogP contribution in [0, 0.1) is 0 Å². The van der Waals surface area contributed by atoms with E-state index in [1.165, 1.54) is 16.7 Å².